The first-order valence-corrected chi connectivity index (χ1v) is 7.11. The number of carbonyl (C=O) groups excluding carboxylic acids is 1. The summed E-state index contributed by atoms with van der Waals surface area (Å²) < 4.78 is 5.14. The number of nitrogens with two attached hydrogens (primary N) is 1. The van der Waals surface area contributed by atoms with Crippen molar-refractivity contribution in [3.63, 3.8) is 0 Å². The number of nitrogens with zero attached hydrogens (tertiary/aromatic N) is 1. The average molecular weight is 276 g/mol. The van der Waals surface area contributed by atoms with Gasteiger partial charge in [0.25, 0.3) is 0 Å². The second kappa shape index (κ2) is 5.83. The van der Waals surface area contributed by atoms with E-state index in [4.69, 9.17) is 10.5 Å². The number of rotatable bonds is 4. The molecule has 0 heterocycles. The van der Waals surface area contributed by atoms with Gasteiger partial charge in [0.15, 0.2) is 0 Å². The summed E-state index contributed by atoms with van der Waals surface area (Å²) >= 11 is 0. The topological polar surface area (TPSA) is 55.6 Å². The molecule has 0 saturated heterocycles. The third kappa shape index (κ3) is 2.80. The van der Waals surface area contributed by atoms with Gasteiger partial charge in [0.1, 0.15) is 5.75 Å². The van der Waals surface area contributed by atoms with Crippen LogP contribution in [0.2, 0.25) is 0 Å². The molecule has 1 aromatic carbocycles. The van der Waals surface area contributed by atoms with Gasteiger partial charge < -0.3 is 15.4 Å². The zero-order chi connectivity index (χ0) is 14.8. The molecule has 0 bridgehead atoms. The maximum Gasteiger partial charge on any atom is 0.230 e. The van der Waals surface area contributed by atoms with Gasteiger partial charge in [-0.2, -0.15) is 0 Å². The quantitative estimate of drug-likeness (QED) is 0.917. The third-order valence-electron chi connectivity index (χ3n) is 4.44. The van der Waals surface area contributed by atoms with E-state index in [0.717, 1.165) is 30.6 Å². The number of hydrogen-bond acceptors (Lipinski definition) is 3. The molecule has 1 saturated carbocycles. The van der Waals surface area contributed by atoms with Crippen LogP contribution in [0.1, 0.15) is 31.7 Å². The molecule has 1 aliphatic rings. The average Bonchev–Trinajstić information content (AvgIpc) is 2.79. The molecule has 0 aromatic heterocycles. The van der Waals surface area contributed by atoms with Crippen LogP contribution in [0.3, 0.4) is 0 Å². The summed E-state index contributed by atoms with van der Waals surface area (Å²) in [6.07, 6.45) is 2.87. The maximum atomic E-state index is 12.6. The van der Waals surface area contributed by atoms with Crippen LogP contribution in [-0.4, -0.2) is 31.0 Å². The SMILES string of the molecule is COc1ccc(CN(C)C(=O)C2(C)CCCC2N)cc1. The van der Waals surface area contributed by atoms with Crippen molar-refractivity contribution in [1.29, 1.82) is 0 Å². The Morgan fingerprint density at radius 2 is 2.10 bits per heavy atom. The molecule has 2 unspecified atom stereocenters. The van der Waals surface area contributed by atoms with Crippen LogP contribution in [0.15, 0.2) is 24.3 Å². The van der Waals surface area contributed by atoms with Crippen molar-refractivity contribution in [2.45, 2.75) is 38.8 Å². The third-order valence-corrected chi connectivity index (χ3v) is 4.44. The lowest BCUT2D eigenvalue weighted by molar-refractivity contribution is -0.140. The van der Waals surface area contributed by atoms with Crippen molar-refractivity contribution >= 4 is 5.91 Å². The van der Waals surface area contributed by atoms with Crippen LogP contribution in [0, 0.1) is 5.41 Å². The summed E-state index contributed by atoms with van der Waals surface area (Å²) in [5, 5.41) is 0. The van der Waals surface area contributed by atoms with Gasteiger partial charge >= 0.3 is 0 Å². The van der Waals surface area contributed by atoms with Crippen molar-refractivity contribution in [2.24, 2.45) is 11.1 Å². The lowest BCUT2D eigenvalue weighted by Gasteiger charge is -2.32. The van der Waals surface area contributed by atoms with E-state index in [1.165, 1.54) is 0 Å². The number of methoxy groups -OCH3 is 1. The van der Waals surface area contributed by atoms with Gasteiger partial charge in [-0.3, -0.25) is 4.79 Å². The van der Waals surface area contributed by atoms with Gasteiger partial charge in [-0.05, 0) is 37.5 Å². The van der Waals surface area contributed by atoms with Crippen molar-refractivity contribution in [3.05, 3.63) is 29.8 Å². The lowest BCUT2D eigenvalue weighted by atomic mass is 9.83. The summed E-state index contributed by atoms with van der Waals surface area (Å²) in [5.41, 5.74) is 6.81. The summed E-state index contributed by atoms with van der Waals surface area (Å²) in [7, 11) is 3.50. The fraction of sp³-hybridized carbons (Fsp3) is 0.562. The van der Waals surface area contributed by atoms with Gasteiger partial charge in [-0.25, -0.2) is 0 Å². The van der Waals surface area contributed by atoms with E-state index in [0.29, 0.717) is 6.54 Å². The van der Waals surface area contributed by atoms with Crippen LogP contribution in [0.25, 0.3) is 0 Å². The lowest BCUT2D eigenvalue weighted by Crippen LogP contribution is -2.47. The highest BCUT2D eigenvalue weighted by Crippen LogP contribution is 2.38. The molecular formula is C16H24N2O2. The zero-order valence-electron chi connectivity index (χ0n) is 12.6. The molecule has 2 atom stereocenters. The monoisotopic (exact) mass is 276 g/mol. The van der Waals surface area contributed by atoms with Gasteiger partial charge in [-0.1, -0.05) is 18.6 Å². The number of carbonyl (C=O) groups is 1. The molecule has 0 aliphatic heterocycles. The molecule has 0 spiro atoms. The second-order valence-corrected chi connectivity index (χ2v) is 5.93. The fourth-order valence-electron chi connectivity index (χ4n) is 2.97. The molecule has 1 amide bonds. The summed E-state index contributed by atoms with van der Waals surface area (Å²) in [4.78, 5) is 14.4. The highest BCUT2D eigenvalue weighted by molar-refractivity contribution is 5.83. The smallest absolute Gasteiger partial charge is 0.230 e. The van der Waals surface area contributed by atoms with Crippen LogP contribution >= 0.6 is 0 Å². The Hall–Kier alpha value is -1.55. The van der Waals surface area contributed by atoms with E-state index >= 15 is 0 Å². The second-order valence-electron chi connectivity index (χ2n) is 5.93. The molecule has 2 N–H and O–H groups in total. The van der Waals surface area contributed by atoms with E-state index < -0.39 is 5.41 Å². The van der Waals surface area contributed by atoms with Crippen LogP contribution in [0.4, 0.5) is 0 Å². The maximum absolute atomic E-state index is 12.6. The van der Waals surface area contributed by atoms with Crippen LogP contribution < -0.4 is 10.5 Å². The van der Waals surface area contributed by atoms with E-state index in [1.54, 1.807) is 12.0 Å². The molecule has 1 aromatic rings. The number of ether oxygens (including phenoxy) is 1. The number of benzene rings is 1. The Bertz CT molecular complexity index is 472. The minimum Gasteiger partial charge on any atom is -0.497 e. The molecule has 20 heavy (non-hydrogen) atoms. The number of amides is 1. The normalized spacial score (nSPS) is 25.5. The predicted molar refractivity (Wildman–Crippen MR) is 79.4 cm³/mol. The van der Waals surface area contributed by atoms with Crippen LogP contribution in [0.5, 0.6) is 5.75 Å². The van der Waals surface area contributed by atoms with Gasteiger partial charge in [0.05, 0.1) is 12.5 Å². The molecule has 1 fully saturated rings. The van der Waals surface area contributed by atoms with E-state index in [9.17, 15) is 4.79 Å². The molecule has 110 valence electrons. The van der Waals surface area contributed by atoms with Crippen molar-refractivity contribution in [3.8, 4) is 5.75 Å². The minimum absolute atomic E-state index is 0.0201. The molecule has 2 rings (SSSR count). The highest BCUT2D eigenvalue weighted by atomic mass is 16.5. The van der Waals surface area contributed by atoms with E-state index in [-0.39, 0.29) is 11.9 Å². The van der Waals surface area contributed by atoms with Gasteiger partial charge in [0, 0.05) is 19.6 Å². The molecule has 0 radical (unpaired) electrons. The van der Waals surface area contributed by atoms with E-state index in [2.05, 4.69) is 0 Å². The van der Waals surface area contributed by atoms with Gasteiger partial charge in [-0.15, -0.1) is 0 Å². The summed E-state index contributed by atoms with van der Waals surface area (Å²) in [5.74, 6) is 0.978. The van der Waals surface area contributed by atoms with Crippen molar-refractivity contribution < 1.29 is 9.53 Å². The molecule has 4 nitrogen and oxygen atoms in total. The summed E-state index contributed by atoms with van der Waals surface area (Å²) in [6.45, 7) is 2.60. The standard InChI is InChI=1S/C16H24N2O2/c1-16(10-4-5-14(16)17)15(19)18(2)11-12-6-8-13(20-3)9-7-12/h6-9,14H,4-5,10-11,17H2,1-3H3. The fourth-order valence-corrected chi connectivity index (χ4v) is 2.97. The number of hydrogen-bond donors (Lipinski definition) is 1. The van der Waals surface area contributed by atoms with Gasteiger partial charge in [0.2, 0.25) is 5.91 Å². The molecule has 1 aliphatic carbocycles. The minimum atomic E-state index is -0.402. The Balaban J connectivity index is 2.03. The Kier molecular flexibility index (Phi) is 4.33. The highest BCUT2D eigenvalue weighted by Gasteiger charge is 2.44. The Labute approximate surface area is 120 Å². The largest absolute Gasteiger partial charge is 0.497 e. The van der Waals surface area contributed by atoms with Crippen LogP contribution in [-0.2, 0) is 11.3 Å². The Morgan fingerprint density at radius 3 is 2.60 bits per heavy atom. The first-order valence-electron chi connectivity index (χ1n) is 7.11. The molecule has 4 heteroatoms. The molecular weight excluding hydrogens is 252 g/mol. The predicted octanol–water partition coefficient (Wildman–Crippen LogP) is 2.17. The summed E-state index contributed by atoms with van der Waals surface area (Å²) in [6, 6.07) is 7.78. The van der Waals surface area contributed by atoms with Crippen molar-refractivity contribution in [1.82, 2.24) is 4.90 Å². The van der Waals surface area contributed by atoms with E-state index in [1.807, 2.05) is 38.2 Å². The first-order chi connectivity index (χ1) is 9.47. The van der Waals surface area contributed by atoms with Crippen molar-refractivity contribution in [2.75, 3.05) is 14.2 Å². The zero-order valence-corrected chi connectivity index (χ0v) is 12.6. The Morgan fingerprint density at radius 1 is 1.45 bits per heavy atom. The first kappa shape index (κ1) is 14.9.